The summed E-state index contributed by atoms with van der Waals surface area (Å²) in [6.45, 7) is 5.77. The molecule has 0 aliphatic heterocycles. The van der Waals surface area contributed by atoms with Crippen molar-refractivity contribution in [3.63, 3.8) is 0 Å². The summed E-state index contributed by atoms with van der Waals surface area (Å²) < 4.78 is 5.16. The second-order valence-electron chi connectivity index (χ2n) is 7.19. The van der Waals surface area contributed by atoms with Crippen LogP contribution in [0.1, 0.15) is 111 Å². The molecule has 148 valence electrons. The Bertz CT molecular complexity index is 331. The van der Waals surface area contributed by atoms with Crippen LogP contribution < -0.4 is 5.32 Å². The fraction of sp³-hybridized carbons (Fsp3) is 0.905. The van der Waals surface area contributed by atoms with Crippen molar-refractivity contribution in [3.05, 3.63) is 0 Å². The summed E-state index contributed by atoms with van der Waals surface area (Å²) in [7, 11) is 0. The molecule has 0 saturated carbocycles. The zero-order chi connectivity index (χ0) is 18.8. The minimum Gasteiger partial charge on any atom is -0.464 e. The van der Waals surface area contributed by atoms with Gasteiger partial charge in [-0.1, -0.05) is 90.4 Å². The molecule has 0 unspecified atom stereocenters. The van der Waals surface area contributed by atoms with Gasteiger partial charge in [-0.3, -0.25) is 4.79 Å². The van der Waals surface area contributed by atoms with E-state index in [2.05, 4.69) is 12.2 Å². The van der Waals surface area contributed by atoms with Crippen LogP contribution in [0.15, 0.2) is 0 Å². The van der Waals surface area contributed by atoms with E-state index in [1.54, 1.807) is 6.92 Å². The lowest BCUT2D eigenvalue weighted by Crippen LogP contribution is -2.38. The Labute approximate surface area is 155 Å². The molecule has 0 radical (unpaired) electrons. The first-order valence-corrected chi connectivity index (χ1v) is 10.5. The lowest BCUT2D eigenvalue weighted by molar-refractivity contribution is -0.147. The molecule has 1 N–H and O–H groups in total. The lowest BCUT2D eigenvalue weighted by atomic mass is 10.0. The Morgan fingerprint density at radius 3 is 1.56 bits per heavy atom. The van der Waals surface area contributed by atoms with Gasteiger partial charge in [0.15, 0.2) is 0 Å². The maximum atomic E-state index is 11.6. The van der Waals surface area contributed by atoms with Gasteiger partial charge in [-0.25, -0.2) is 4.79 Å². The molecular weight excluding hydrogens is 314 g/mol. The molecule has 0 rings (SSSR count). The zero-order valence-electron chi connectivity index (χ0n) is 16.9. The highest BCUT2D eigenvalue weighted by molar-refractivity contribution is 5.82. The van der Waals surface area contributed by atoms with Crippen molar-refractivity contribution in [2.45, 2.75) is 117 Å². The van der Waals surface area contributed by atoms with Gasteiger partial charge in [0.25, 0.3) is 0 Å². The number of amides is 1. The van der Waals surface area contributed by atoms with Crippen LogP contribution in [-0.4, -0.2) is 24.5 Å². The predicted octanol–water partition coefficient (Wildman–Crippen LogP) is 5.54. The second-order valence-corrected chi connectivity index (χ2v) is 7.19. The van der Waals surface area contributed by atoms with Crippen LogP contribution in [0, 0.1) is 0 Å². The second kappa shape index (κ2) is 17.8. The van der Waals surface area contributed by atoms with Gasteiger partial charge in [0, 0.05) is 6.92 Å². The van der Waals surface area contributed by atoms with Gasteiger partial charge in [0.1, 0.15) is 6.04 Å². The van der Waals surface area contributed by atoms with Crippen LogP contribution in [0.25, 0.3) is 0 Å². The van der Waals surface area contributed by atoms with Crippen molar-refractivity contribution in [1.82, 2.24) is 5.32 Å². The number of carbonyl (C=O) groups excluding carboxylic acids is 2. The number of ether oxygens (including phenoxy) is 1. The van der Waals surface area contributed by atoms with E-state index in [-0.39, 0.29) is 11.9 Å². The van der Waals surface area contributed by atoms with Crippen LogP contribution >= 0.6 is 0 Å². The molecule has 1 atom stereocenters. The number of carbonyl (C=O) groups is 2. The van der Waals surface area contributed by atoms with E-state index in [4.69, 9.17) is 4.74 Å². The monoisotopic (exact) mass is 355 g/mol. The normalized spacial score (nSPS) is 12.0. The summed E-state index contributed by atoms with van der Waals surface area (Å²) in [6.07, 6.45) is 18.4. The standard InChI is InChI=1S/C21H41NO3/c1-4-5-6-7-8-9-10-11-12-13-14-15-16-17-18-25-21(24)19(2)22-20(3)23/h19H,4-18H2,1-3H3,(H,22,23)/t19-/m0/s1. The van der Waals surface area contributed by atoms with Crippen molar-refractivity contribution in [3.8, 4) is 0 Å². The van der Waals surface area contributed by atoms with E-state index in [0.717, 1.165) is 12.8 Å². The van der Waals surface area contributed by atoms with E-state index < -0.39 is 6.04 Å². The number of esters is 1. The van der Waals surface area contributed by atoms with Crippen molar-refractivity contribution in [2.75, 3.05) is 6.61 Å². The van der Waals surface area contributed by atoms with E-state index in [0.29, 0.717) is 6.61 Å². The molecular formula is C21H41NO3. The summed E-state index contributed by atoms with van der Waals surface area (Å²) in [5, 5.41) is 2.53. The van der Waals surface area contributed by atoms with Gasteiger partial charge in [-0.05, 0) is 13.3 Å². The van der Waals surface area contributed by atoms with E-state index in [1.807, 2.05) is 0 Å². The molecule has 0 fully saturated rings. The Kier molecular flexibility index (Phi) is 17.0. The average Bonchev–Trinajstić information content (AvgIpc) is 2.57. The molecule has 0 heterocycles. The van der Waals surface area contributed by atoms with Gasteiger partial charge < -0.3 is 10.1 Å². The number of hydrogen-bond donors (Lipinski definition) is 1. The lowest BCUT2D eigenvalue weighted by Gasteiger charge is -2.11. The molecule has 0 aromatic heterocycles. The maximum absolute atomic E-state index is 11.6. The van der Waals surface area contributed by atoms with Crippen molar-refractivity contribution in [1.29, 1.82) is 0 Å². The highest BCUT2D eigenvalue weighted by Crippen LogP contribution is 2.12. The average molecular weight is 356 g/mol. The first-order valence-electron chi connectivity index (χ1n) is 10.5. The smallest absolute Gasteiger partial charge is 0.328 e. The number of rotatable bonds is 17. The Morgan fingerprint density at radius 2 is 1.16 bits per heavy atom. The zero-order valence-corrected chi connectivity index (χ0v) is 16.9. The van der Waals surface area contributed by atoms with Crippen LogP contribution in [0.4, 0.5) is 0 Å². The largest absolute Gasteiger partial charge is 0.464 e. The van der Waals surface area contributed by atoms with Gasteiger partial charge in [-0.2, -0.15) is 0 Å². The predicted molar refractivity (Wildman–Crippen MR) is 105 cm³/mol. The summed E-state index contributed by atoms with van der Waals surface area (Å²) in [5.74, 6) is -0.550. The summed E-state index contributed by atoms with van der Waals surface area (Å²) >= 11 is 0. The van der Waals surface area contributed by atoms with Crippen molar-refractivity contribution in [2.24, 2.45) is 0 Å². The molecule has 0 aromatic rings. The number of nitrogens with one attached hydrogen (secondary N) is 1. The van der Waals surface area contributed by atoms with Gasteiger partial charge in [-0.15, -0.1) is 0 Å². The SMILES string of the molecule is CCCCCCCCCCCCCCCCOC(=O)[C@H](C)NC(C)=O. The van der Waals surface area contributed by atoms with Gasteiger partial charge in [0.05, 0.1) is 6.61 Å². The van der Waals surface area contributed by atoms with Crippen LogP contribution in [0.5, 0.6) is 0 Å². The topological polar surface area (TPSA) is 55.4 Å². The molecule has 0 aromatic carbocycles. The molecule has 0 spiro atoms. The highest BCUT2D eigenvalue weighted by Gasteiger charge is 2.14. The molecule has 25 heavy (non-hydrogen) atoms. The number of hydrogen-bond acceptors (Lipinski definition) is 3. The third kappa shape index (κ3) is 17.6. The molecule has 0 saturated heterocycles. The third-order valence-electron chi connectivity index (χ3n) is 4.52. The maximum Gasteiger partial charge on any atom is 0.328 e. The van der Waals surface area contributed by atoms with Gasteiger partial charge >= 0.3 is 5.97 Å². The summed E-state index contributed by atoms with van der Waals surface area (Å²) in [5.41, 5.74) is 0. The molecule has 0 aliphatic carbocycles. The fourth-order valence-corrected chi connectivity index (χ4v) is 2.96. The molecule has 0 bridgehead atoms. The first-order chi connectivity index (χ1) is 12.1. The highest BCUT2D eigenvalue weighted by atomic mass is 16.5. The Morgan fingerprint density at radius 1 is 0.760 bits per heavy atom. The quantitative estimate of drug-likeness (QED) is 0.275. The van der Waals surface area contributed by atoms with Gasteiger partial charge in [0.2, 0.25) is 5.91 Å². The van der Waals surface area contributed by atoms with Crippen LogP contribution in [-0.2, 0) is 14.3 Å². The molecule has 0 aliphatic rings. The van der Waals surface area contributed by atoms with E-state index >= 15 is 0 Å². The fourth-order valence-electron chi connectivity index (χ4n) is 2.96. The van der Waals surface area contributed by atoms with Crippen LogP contribution in [0.3, 0.4) is 0 Å². The van der Waals surface area contributed by atoms with E-state index in [9.17, 15) is 9.59 Å². The Hall–Kier alpha value is -1.06. The van der Waals surface area contributed by atoms with E-state index in [1.165, 1.54) is 84.0 Å². The third-order valence-corrected chi connectivity index (χ3v) is 4.52. The molecule has 1 amide bonds. The minimum atomic E-state index is -0.552. The van der Waals surface area contributed by atoms with Crippen molar-refractivity contribution < 1.29 is 14.3 Å². The minimum absolute atomic E-state index is 0.207. The molecule has 4 nitrogen and oxygen atoms in total. The molecule has 4 heteroatoms. The summed E-state index contributed by atoms with van der Waals surface area (Å²) in [6, 6.07) is -0.552. The first kappa shape index (κ1) is 23.9. The van der Waals surface area contributed by atoms with Crippen LogP contribution in [0.2, 0.25) is 0 Å². The Balaban J connectivity index is 3.21. The van der Waals surface area contributed by atoms with Crippen molar-refractivity contribution >= 4 is 11.9 Å². The number of unbranched alkanes of at least 4 members (excludes halogenated alkanes) is 13. The summed E-state index contributed by atoms with van der Waals surface area (Å²) in [4.78, 5) is 22.4.